The molecule has 2 heterocycles. The third-order valence-electron chi connectivity index (χ3n) is 8.30. The Bertz CT molecular complexity index is 1300. The number of nitrogens with one attached hydrogen (secondary N) is 2. The number of fused-ring (bicyclic) bond motifs is 1. The molecular formula is C32H55N6O6P. The highest BCUT2D eigenvalue weighted by Crippen LogP contribution is 2.54. The number of nitrogens with two attached hydrogens (primary N) is 1. The van der Waals surface area contributed by atoms with Gasteiger partial charge in [0.1, 0.15) is 22.9 Å². The standard InChI is InChI=1S/C32H55N6O6P/c1-7-10-12-14-18-42-29(39)31(5,6)36-45(41,37-32(20-25(32)9-3)30(40)43-19-15-13-11-8-2)23-44-24(4)21-38-22-35-27-26(33)16-17-34-28(27)38/h16-17,22,24-25H,7-15,18-21,23H2,1-6H3,(H2,33,34)(H2,36,37,41)/t24-,25-,32-,45?/m1/s1. The van der Waals surface area contributed by atoms with Crippen molar-refractivity contribution in [2.45, 2.75) is 129 Å². The number of ether oxygens (including phenoxy) is 3. The predicted octanol–water partition coefficient (Wildman–Crippen LogP) is 5.94. The molecule has 2 aromatic heterocycles. The van der Waals surface area contributed by atoms with Crippen LogP contribution in [0.2, 0.25) is 0 Å². The second kappa shape index (κ2) is 16.9. The van der Waals surface area contributed by atoms with E-state index in [0.29, 0.717) is 49.5 Å². The minimum absolute atomic E-state index is 0.0457. The van der Waals surface area contributed by atoms with Crippen LogP contribution in [0.4, 0.5) is 5.69 Å². The van der Waals surface area contributed by atoms with E-state index in [0.717, 1.165) is 51.4 Å². The van der Waals surface area contributed by atoms with Gasteiger partial charge in [-0.2, -0.15) is 0 Å². The number of esters is 2. The fourth-order valence-corrected chi connectivity index (χ4v) is 8.19. The topological polar surface area (TPSA) is 160 Å². The summed E-state index contributed by atoms with van der Waals surface area (Å²) in [4.78, 5) is 35.3. The molecule has 0 radical (unpaired) electrons. The Morgan fingerprint density at radius 3 is 2.38 bits per heavy atom. The van der Waals surface area contributed by atoms with Gasteiger partial charge in [-0.15, -0.1) is 0 Å². The fraction of sp³-hybridized carbons (Fsp3) is 0.750. The van der Waals surface area contributed by atoms with Crippen LogP contribution in [-0.2, 0) is 34.9 Å². The maximum absolute atomic E-state index is 14.7. The van der Waals surface area contributed by atoms with Crippen molar-refractivity contribution in [1.29, 1.82) is 0 Å². The monoisotopic (exact) mass is 650 g/mol. The SMILES string of the molecule is CCCCCCOC(=O)C(C)(C)NP(=O)(CO[C@H](C)Cn1cnc2c(N)ccnc21)N[C@]1(C(=O)OCCCCCC)C[C@H]1CC. The first-order valence-corrected chi connectivity index (χ1v) is 18.5. The molecule has 3 rings (SSSR count). The molecule has 2 aromatic rings. The molecule has 13 heteroatoms. The van der Waals surface area contributed by atoms with Crippen LogP contribution in [0.5, 0.6) is 0 Å². The molecule has 1 fully saturated rings. The van der Waals surface area contributed by atoms with Gasteiger partial charge in [-0.25, -0.2) is 20.1 Å². The minimum atomic E-state index is -3.74. The summed E-state index contributed by atoms with van der Waals surface area (Å²) < 4.78 is 34.0. The lowest BCUT2D eigenvalue weighted by Gasteiger charge is -2.33. The second-order valence-corrected chi connectivity index (χ2v) is 15.0. The maximum Gasteiger partial charge on any atom is 0.327 e. The Morgan fingerprint density at radius 1 is 1.09 bits per heavy atom. The number of imidazole rings is 1. The highest BCUT2D eigenvalue weighted by Gasteiger charge is 2.63. The largest absolute Gasteiger partial charge is 0.464 e. The summed E-state index contributed by atoms with van der Waals surface area (Å²) in [6.07, 6.45) is 11.6. The lowest BCUT2D eigenvalue weighted by Crippen LogP contribution is -2.52. The molecule has 1 aliphatic rings. The van der Waals surface area contributed by atoms with Gasteiger partial charge in [0.15, 0.2) is 5.65 Å². The van der Waals surface area contributed by atoms with E-state index < -0.39 is 36.6 Å². The van der Waals surface area contributed by atoms with Crippen molar-refractivity contribution in [2.75, 3.05) is 25.3 Å². The number of pyridine rings is 1. The van der Waals surface area contributed by atoms with E-state index in [9.17, 15) is 14.2 Å². The number of hydrogen-bond acceptors (Lipinski definition) is 9. The number of carbonyl (C=O) groups is 2. The van der Waals surface area contributed by atoms with Crippen molar-refractivity contribution in [1.82, 2.24) is 24.7 Å². The molecule has 12 nitrogen and oxygen atoms in total. The fourth-order valence-electron chi connectivity index (χ4n) is 5.54. The molecule has 4 N–H and O–H groups in total. The van der Waals surface area contributed by atoms with Crippen LogP contribution in [0.3, 0.4) is 0 Å². The van der Waals surface area contributed by atoms with E-state index in [4.69, 9.17) is 19.9 Å². The number of nitrogen functional groups attached to an aromatic ring is 1. The maximum atomic E-state index is 14.7. The van der Waals surface area contributed by atoms with E-state index in [1.165, 1.54) is 0 Å². The van der Waals surface area contributed by atoms with Crippen LogP contribution < -0.4 is 15.9 Å². The van der Waals surface area contributed by atoms with Gasteiger partial charge >= 0.3 is 11.9 Å². The molecule has 0 spiro atoms. The highest BCUT2D eigenvalue weighted by atomic mass is 31.2. The van der Waals surface area contributed by atoms with E-state index in [1.807, 2.05) is 18.4 Å². The molecular weight excluding hydrogens is 595 g/mol. The zero-order chi connectivity index (χ0) is 33.1. The van der Waals surface area contributed by atoms with E-state index in [-0.39, 0.29) is 12.3 Å². The Kier molecular flexibility index (Phi) is 13.8. The number of aromatic nitrogens is 3. The summed E-state index contributed by atoms with van der Waals surface area (Å²) in [6.45, 7) is 12.3. The average molecular weight is 651 g/mol. The molecule has 0 saturated heterocycles. The van der Waals surface area contributed by atoms with Gasteiger partial charge in [0.2, 0.25) is 7.44 Å². The van der Waals surface area contributed by atoms with Crippen molar-refractivity contribution in [2.24, 2.45) is 5.92 Å². The second-order valence-electron chi connectivity index (χ2n) is 12.8. The molecule has 1 saturated carbocycles. The molecule has 0 aromatic carbocycles. The molecule has 0 aliphatic heterocycles. The Morgan fingerprint density at radius 2 is 1.76 bits per heavy atom. The normalized spacial score (nSPS) is 20.1. The number of unbranched alkanes of at least 4 members (excludes halogenated alkanes) is 6. The molecule has 4 atom stereocenters. The molecule has 1 aliphatic carbocycles. The third kappa shape index (κ3) is 10.2. The Hall–Kier alpha value is -2.53. The zero-order valence-electron chi connectivity index (χ0n) is 28.1. The third-order valence-corrected chi connectivity index (χ3v) is 10.5. The summed E-state index contributed by atoms with van der Waals surface area (Å²) >= 11 is 0. The quantitative estimate of drug-likeness (QED) is 0.0786. The lowest BCUT2D eigenvalue weighted by atomic mass is 10.1. The van der Waals surface area contributed by atoms with Gasteiger partial charge in [0.05, 0.1) is 37.9 Å². The Balaban J connectivity index is 1.75. The molecule has 0 bridgehead atoms. The average Bonchev–Trinajstić information content (AvgIpc) is 3.56. The van der Waals surface area contributed by atoms with E-state index >= 15 is 0 Å². The Labute approximate surface area is 268 Å². The number of hydrogen-bond donors (Lipinski definition) is 3. The van der Waals surface area contributed by atoms with Crippen LogP contribution in [0, 0.1) is 5.92 Å². The number of rotatable bonds is 22. The first kappa shape index (κ1) is 36.9. The van der Waals surface area contributed by atoms with Gasteiger partial charge in [-0.3, -0.25) is 14.2 Å². The van der Waals surface area contributed by atoms with Gasteiger partial charge in [-0.05, 0) is 52.0 Å². The summed E-state index contributed by atoms with van der Waals surface area (Å²) in [5, 5.41) is 6.21. The van der Waals surface area contributed by atoms with E-state index in [1.54, 1.807) is 32.4 Å². The van der Waals surface area contributed by atoms with Crippen LogP contribution >= 0.6 is 7.44 Å². The van der Waals surface area contributed by atoms with Crippen molar-refractivity contribution < 1.29 is 28.4 Å². The van der Waals surface area contributed by atoms with Crippen molar-refractivity contribution in [3.8, 4) is 0 Å². The number of anilines is 1. The lowest BCUT2D eigenvalue weighted by molar-refractivity contribution is -0.149. The van der Waals surface area contributed by atoms with Crippen molar-refractivity contribution in [3.63, 3.8) is 0 Å². The summed E-state index contributed by atoms with van der Waals surface area (Å²) in [5.74, 6) is -0.973. The smallest absolute Gasteiger partial charge is 0.327 e. The van der Waals surface area contributed by atoms with Crippen LogP contribution in [0.1, 0.15) is 106 Å². The highest BCUT2D eigenvalue weighted by molar-refractivity contribution is 7.59. The van der Waals surface area contributed by atoms with Gasteiger partial charge in [0.25, 0.3) is 0 Å². The van der Waals surface area contributed by atoms with Crippen LogP contribution in [0.25, 0.3) is 11.2 Å². The van der Waals surface area contributed by atoms with E-state index in [2.05, 4.69) is 34.0 Å². The van der Waals surface area contributed by atoms with Crippen LogP contribution in [0.15, 0.2) is 18.6 Å². The summed E-state index contributed by atoms with van der Waals surface area (Å²) in [7, 11) is -3.74. The van der Waals surface area contributed by atoms with Gasteiger partial charge in [0, 0.05) is 6.20 Å². The van der Waals surface area contributed by atoms with Crippen LogP contribution in [-0.4, -0.2) is 63.2 Å². The van der Waals surface area contributed by atoms with Crippen molar-refractivity contribution in [3.05, 3.63) is 18.6 Å². The number of nitrogens with zero attached hydrogens (tertiary/aromatic N) is 3. The summed E-state index contributed by atoms with van der Waals surface area (Å²) in [6, 6.07) is 1.69. The molecule has 1 unspecified atom stereocenters. The molecule has 254 valence electrons. The van der Waals surface area contributed by atoms with Gasteiger partial charge in [-0.1, -0.05) is 65.7 Å². The predicted molar refractivity (Wildman–Crippen MR) is 177 cm³/mol. The first-order valence-electron chi connectivity index (χ1n) is 16.6. The summed E-state index contributed by atoms with van der Waals surface area (Å²) in [5.41, 5.74) is 5.36. The first-order chi connectivity index (χ1) is 21.4. The zero-order valence-corrected chi connectivity index (χ0v) is 29.0. The van der Waals surface area contributed by atoms with Gasteiger partial charge < -0.3 is 24.5 Å². The molecule has 0 amide bonds. The number of carbonyl (C=O) groups excluding carboxylic acids is 2. The minimum Gasteiger partial charge on any atom is -0.464 e. The van der Waals surface area contributed by atoms with Crippen molar-refractivity contribution >= 4 is 36.2 Å². The molecule has 45 heavy (non-hydrogen) atoms.